The maximum Gasteiger partial charge on any atom is 0.407 e. The molecule has 2 aromatic carbocycles. The number of amides is 2. The quantitative estimate of drug-likeness (QED) is 0.578. The van der Waals surface area contributed by atoms with Crippen molar-refractivity contribution in [1.82, 2.24) is 10.2 Å². The lowest BCUT2D eigenvalue weighted by atomic mass is 9.98. The number of carbonyl (C=O) groups excluding carboxylic acids is 2. The summed E-state index contributed by atoms with van der Waals surface area (Å²) in [5.74, 6) is -1.62. The van der Waals surface area contributed by atoms with Gasteiger partial charge in [-0.1, -0.05) is 48.5 Å². The number of alkyl carbamates (subject to hydrolysis) is 1. The Hall–Kier alpha value is -3.39. The molecule has 0 bridgehead atoms. The van der Waals surface area contributed by atoms with E-state index in [2.05, 4.69) is 5.32 Å². The van der Waals surface area contributed by atoms with E-state index >= 15 is 0 Å². The molecule has 4 rings (SSSR count). The summed E-state index contributed by atoms with van der Waals surface area (Å²) in [6.45, 7) is 1.04. The number of aliphatic carboxylic acids is 1. The van der Waals surface area contributed by atoms with Crippen LogP contribution in [0.5, 0.6) is 0 Å². The van der Waals surface area contributed by atoms with Gasteiger partial charge in [0.15, 0.2) is 0 Å². The molecule has 34 heavy (non-hydrogen) atoms. The zero-order chi connectivity index (χ0) is 24.1. The molecule has 2 amide bonds. The van der Waals surface area contributed by atoms with Gasteiger partial charge in [-0.25, -0.2) is 4.79 Å². The van der Waals surface area contributed by atoms with E-state index in [0.29, 0.717) is 19.5 Å². The molecule has 0 saturated carbocycles. The summed E-state index contributed by atoms with van der Waals surface area (Å²) in [5, 5.41) is 21.2. The smallest absolute Gasteiger partial charge is 0.407 e. The number of hydrogen-bond donors (Lipinski definition) is 3. The number of fused-ring (bicyclic) bond motifs is 3. The lowest BCUT2D eigenvalue weighted by molar-refractivity contribution is -0.142. The van der Waals surface area contributed by atoms with Crippen molar-refractivity contribution in [3.05, 3.63) is 59.7 Å². The van der Waals surface area contributed by atoms with E-state index in [0.717, 1.165) is 35.1 Å². The van der Waals surface area contributed by atoms with Gasteiger partial charge in [-0.15, -0.1) is 0 Å². The molecule has 3 N–H and O–H groups in total. The van der Waals surface area contributed by atoms with Crippen LogP contribution in [0.2, 0.25) is 0 Å². The maximum absolute atomic E-state index is 13.0. The van der Waals surface area contributed by atoms with Crippen LogP contribution < -0.4 is 5.32 Å². The Labute approximate surface area is 198 Å². The first-order valence-electron chi connectivity index (χ1n) is 11.7. The molecule has 1 heterocycles. The predicted octanol–water partition coefficient (Wildman–Crippen LogP) is 2.99. The summed E-state index contributed by atoms with van der Waals surface area (Å²) in [6, 6.07) is 14.7. The van der Waals surface area contributed by atoms with Crippen LogP contribution >= 0.6 is 0 Å². The molecule has 8 nitrogen and oxygen atoms in total. The highest BCUT2D eigenvalue weighted by molar-refractivity contribution is 5.89. The van der Waals surface area contributed by atoms with Gasteiger partial charge in [0, 0.05) is 25.6 Å². The van der Waals surface area contributed by atoms with Gasteiger partial charge in [-0.3, -0.25) is 9.59 Å². The van der Waals surface area contributed by atoms with Crippen LogP contribution in [0.15, 0.2) is 48.5 Å². The predicted molar refractivity (Wildman–Crippen MR) is 125 cm³/mol. The number of likely N-dealkylation sites (tertiary alicyclic amines) is 1. The molecule has 2 unspecified atom stereocenters. The third-order valence-electron chi connectivity index (χ3n) is 6.73. The summed E-state index contributed by atoms with van der Waals surface area (Å²) < 4.78 is 5.50. The summed E-state index contributed by atoms with van der Waals surface area (Å²) in [6.07, 6.45) is 0.839. The monoisotopic (exact) mass is 466 g/mol. The average Bonchev–Trinajstić information content (AvgIpc) is 2.97. The first-order valence-corrected chi connectivity index (χ1v) is 11.7. The Balaban J connectivity index is 1.41. The molecule has 2 atom stereocenters. The van der Waals surface area contributed by atoms with Crippen molar-refractivity contribution < 1.29 is 29.3 Å². The highest BCUT2D eigenvalue weighted by Crippen LogP contribution is 2.44. The zero-order valence-corrected chi connectivity index (χ0v) is 19.0. The highest BCUT2D eigenvalue weighted by Gasteiger charge is 2.32. The van der Waals surface area contributed by atoms with Gasteiger partial charge >= 0.3 is 12.1 Å². The molecule has 8 heteroatoms. The first-order chi connectivity index (χ1) is 16.5. The molecule has 2 aliphatic rings. The molecule has 1 fully saturated rings. The van der Waals surface area contributed by atoms with E-state index in [1.165, 1.54) is 0 Å². The Kier molecular flexibility index (Phi) is 7.47. The molecular weight excluding hydrogens is 436 g/mol. The van der Waals surface area contributed by atoms with E-state index in [9.17, 15) is 24.6 Å². The van der Waals surface area contributed by atoms with Crippen LogP contribution in [0.25, 0.3) is 11.1 Å². The minimum absolute atomic E-state index is 0.0680. The van der Waals surface area contributed by atoms with E-state index in [4.69, 9.17) is 4.74 Å². The van der Waals surface area contributed by atoms with Gasteiger partial charge < -0.3 is 25.2 Å². The van der Waals surface area contributed by atoms with Gasteiger partial charge in [0.05, 0.1) is 6.42 Å². The van der Waals surface area contributed by atoms with E-state index in [-0.39, 0.29) is 25.0 Å². The Morgan fingerprint density at radius 1 is 1.00 bits per heavy atom. The SMILES string of the molecule is O=C(O)CC(NC(=O)OCC1c2ccccc2-c2ccccc21)C(=O)N1CCCC(CO)CC1. The summed E-state index contributed by atoms with van der Waals surface area (Å²) in [4.78, 5) is 38.6. The number of carboxylic acid groups (broad SMARTS) is 1. The minimum atomic E-state index is -1.21. The van der Waals surface area contributed by atoms with Gasteiger partial charge in [-0.05, 0) is 47.4 Å². The standard InChI is InChI=1S/C26H30N2O6/c29-15-17-6-5-12-28(13-11-17)25(32)23(14-24(30)31)27-26(33)34-16-22-20-9-3-1-7-18(20)19-8-2-4-10-21(19)22/h1-4,7-10,17,22-23,29H,5-6,11-16H2,(H,27,33)(H,30,31). The van der Waals surface area contributed by atoms with E-state index in [1.54, 1.807) is 4.90 Å². The van der Waals surface area contributed by atoms with Crippen molar-refractivity contribution in [1.29, 1.82) is 0 Å². The molecule has 0 spiro atoms. The number of aliphatic hydroxyl groups excluding tert-OH is 1. The number of hydrogen-bond acceptors (Lipinski definition) is 5. The molecule has 1 saturated heterocycles. The third kappa shape index (κ3) is 5.22. The molecule has 0 aromatic heterocycles. The van der Waals surface area contributed by atoms with Crippen LogP contribution in [0.1, 0.15) is 42.7 Å². The van der Waals surface area contributed by atoms with Gasteiger partial charge in [0.25, 0.3) is 0 Å². The van der Waals surface area contributed by atoms with Crippen LogP contribution in [-0.2, 0) is 14.3 Å². The van der Waals surface area contributed by atoms with Crippen molar-refractivity contribution in [2.75, 3.05) is 26.3 Å². The van der Waals surface area contributed by atoms with Crippen molar-refractivity contribution >= 4 is 18.0 Å². The molecule has 1 aliphatic heterocycles. The van der Waals surface area contributed by atoms with Gasteiger partial charge in [-0.2, -0.15) is 0 Å². The van der Waals surface area contributed by atoms with Gasteiger partial charge in [0.2, 0.25) is 5.91 Å². The summed E-state index contributed by atoms with van der Waals surface area (Å²) in [7, 11) is 0. The third-order valence-corrected chi connectivity index (χ3v) is 6.73. The number of carbonyl (C=O) groups is 3. The maximum atomic E-state index is 13.0. The number of carboxylic acids is 1. The lowest BCUT2D eigenvalue weighted by Crippen LogP contribution is -2.50. The van der Waals surface area contributed by atoms with Crippen molar-refractivity contribution in [3.8, 4) is 11.1 Å². The number of rotatable bonds is 7. The number of aliphatic hydroxyl groups is 1. The Morgan fingerprint density at radius 2 is 1.65 bits per heavy atom. The molecule has 180 valence electrons. The molecular formula is C26H30N2O6. The van der Waals surface area contributed by atoms with E-state index in [1.807, 2.05) is 48.5 Å². The second-order valence-corrected chi connectivity index (χ2v) is 8.93. The summed E-state index contributed by atoms with van der Waals surface area (Å²) >= 11 is 0. The number of nitrogens with one attached hydrogen (secondary N) is 1. The fraction of sp³-hybridized carbons (Fsp3) is 0.423. The highest BCUT2D eigenvalue weighted by atomic mass is 16.5. The largest absolute Gasteiger partial charge is 0.481 e. The number of benzene rings is 2. The van der Waals surface area contributed by atoms with E-state index < -0.39 is 30.4 Å². The molecule has 1 aliphatic carbocycles. The van der Waals surface area contributed by atoms with Crippen LogP contribution in [0.3, 0.4) is 0 Å². The normalized spacial score (nSPS) is 18.4. The molecule has 2 aromatic rings. The van der Waals surface area contributed by atoms with Crippen molar-refractivity contribution in [2.24, 2.45) is 5.92 Å². The van der Waals surface area contributed by atoms with Gasteiger partial charge in [0.1, 0.15) is 12.6 Å². The zero-order valence-electron chi connectivity index (χ0n) is 19.0. The van der Waals surface area contributed by atoms with Crippen molar-refractivity contribution in [3.63, 3.8) is 0 Å². The van der Waals surface area contributed by atoms with Crippen molar-refractivity contribution in [2.45, 2.75) is 37.6 Å². The number of nitrogens with zero attached hydrogens (tertiary/aromatic N) is 1. The Morgan fingerprint density at radius 3 is 2.26 bits per heavy atom. The van der Waals surface area contributed by atoms with Crippen LogP contribution in [0, 0.1) is 5.92 Å². The second kappa shape index (κ2) is 10.7. The topological polar surface area (TPSA) is 116 Å². The second-order valence-electron chi connectivity index (χ2n) is 8.93. The minimum Gasteiger partial charge on any atom is -0.481 e. The fourth-order valence-electron chi connectivity index (χ4n) is 4.95. The lowest BCUT2D eigenvalue weighted by Gasteiger charge is -2.26. The summed E-state index contributed by atoms with van der Waals surface area (Å²) in [5.41, 5.74) is 4.34. The van der Waals surface area contributed by atoms with Crippen LogP contribution in [0.4, 0.5) is 4.79 Å². The average molecular weight is 467 g/mol. The van der Waals surface area contributed by atoms with Crippen LogP contribution in [-0.4, -0.2) is 65.4 Å². The molecule has 0 radical (unpaired) electrons. The Bertz CT molecular complexity index is 1010. The number of ether oxygens (including phenoxy) is 1. The fourth-order valence-corrected chi connectivity index (χ4v) is 4.95. The first kappa shape index (κ1) is 23.8.